The zero-order valence-electron chi connectivity index (χ0n) is 10.7. The first kappa shape index (κ1) is 12.1. The van der Waals surface area contributed by atoms with Crippen LogP contribution in [0.5, 0.6) is 5.75 Å². The minimum atomic E-state index is 0.503. The van der Waals surface area contributed by atoms with Gasteiger partial charge in [0.15, 0.2) is 5.75 Å². The Bertz CT molecular complexity index is 627. The van der Waals surface area contributed by atoms with E-state index < -0.39 is 0 Å². The van der Waals surface area contributed by atoms with Crippen LogP contribution in [0.4, 0.5) is 0 Å². The van der Waals surface area contributed by atoms with Crippen molar-refractivity contribution in [1.82, 2.24) is 4.98 Å². The molecule has 0 bridgehead atoms. The topological polar surface area (TPSA) is 45.9 Å². The van der Waals surface area contributed by atoms with Crippen LogP contribution >= 0.6 is 0 Å². The third-order valence-corrected chi connectivity index (χ3v) is 2.88. The molecule has 1 aromatic heterocycles. The molecule has 0 aliphatic carbocycles. The van der Waals surface area contributed by atoms with Crippen LogP contribution in [0.25, 0.3) is 11.3 Å². The summed E-state index contributed by atoms with van der Waals surface area (Å²) in [4.78, 5) is 4.35. The highest BCUT2D eigenvalue weighted by molar-refractivity contribution is 5.66. The maximum Gasteiger partial charge on any atom is 0.154 e. The van der Waals surface area contributed by atoms with Crippen LogP contribution in [0.3, 0.4) is 0 Å². The molecular weight excluding hydrogens is 224 g/mol. The quantitative estimate of drug-likeness (QED) is 0.806. The lowest BCUT2D eigenvalue weighted by molar-refractivity contribution is 0.411. The summed E-state index contributed by atoms with van der Waals surface area (Å²) < 4.78 is 5.10. The predicted molar refractivity (Wildman–Crippen MR) is 70.4 cm³/mol. The van der Waals surface area contributed by atoms with Gasteiger partial charge >= 0.3 is 0 Å². The van der Waals surface area contributed by atoms with Crippen LogP contribution < -0.4 is 4.74 Å². The summed E-state index contributed by atoms with van der Waals surface area (Å²) in [7, 11) is 1.54. The van der Waals surface area contributed by atoms with Gasteiger partial charge in [0.1, 0.15) is 6.07 Å². The lowest BCUT2D eigenvalue weighted by Crippen LogP contribution is -1.93. The number of nitriles is 1. The van der Waals surface area contributed by atoms with Gasteiger partial charge in [-0.3, -0.25) is 4.98 Å². The molecule has 2 rings (SSSR count). The van der Waals surface area contributed by atoms with E-state index in [2.05, 4.69) is 29.3 Å². The van der Waals surface area contributed by atoms with Crippen LogP contribution in [0.1, 0.15) is 16.7 Å². The number of aryl methyl sites for hydroxylation is 2. The highest BCUT2D eigenvalue weighted by Gasteiger charge is 2.08. The van der Waals surface area contributed by atoms with Gasteiger partial charge in [-0.25, -0.2) is 0 Å². The van der Waals surface area contributed by atoms with Crippen LogP contribution in [0.15, 0.2) is 30.5 Å². The standard InChI is InChI=1S/C15H14N2O/c1-10-4-5-11(2)13(6-10)14-7-12(8-16)15(18-3)9-17-14/h4-7,9H,1-3H3. The Morgan fingerprint density at radius 3 is 2.67 bits per heavy atom. The molecule has 0 radical (unpaired) electrons. The van der Waals surface area contributed by atoms with E-state index in [4.69, 9.17) is 10.00 Å². The van der Waals surface area contributed by atoms with Crippen molar-refractivity contribution in [3.8, 4) is 23.1 Å². The molecule has 0 saturated heterocycles. The second kappa shape index (κ2) is 4.89. The predicted octanol–water partition coefficient (Wildman–Crippen LogP) is 3.25. The first-order chi connectivity index (χ1) is 8.65. The number of pyridine rings is 1. The van der Waals surface area contributed by atoms with Crippen LogP contribution in [-0.4, -0.2) is 12.1 Å². The van der Waals surface area contributed by atoms with E-state index in [1.807, 2.05) is 13.8 Å². The number of rotatable bonds is 2. The third-order valence-electron chi connectivity index (χ3n) is 2.88. The molecule has 0 aliphatic heterocycles. The maximum atomic E-state index is 9.09. The Balaban J connectivity index is 2.58. The molecule has 0 unspecified atom stereocenters. The normalized spacial score (nSPS) is 9.89. The first-order valence-corrected chi connectivity index (χ1v) is 5.67. The van der Waals surface area contributed by atoms with E-state index in [0.29, 0.717) is 11.3 Å². The van der Waals surface area contributed by atoms with Gasteiger partial charge in [0.05, 0.1) is 24.6 Å². The average molecular weight is 238 g/mol. The zero-order chi connectivity index (χ0) is 13.1. The summed E-state index contributed by atoms with van der Waals surface area (Å²) in [6.07, 6.45) is 1.59. The van der Waals surface area contributed by atoms with Crippen LogP contribution in [-0.2, 0) is 0 Å². The van der Waals surface area contributed by atoms with Crippen LogP contribution in [0.2, 0.25) is 0 Å². The zero-order valence-corrected chi connectivity index (χ0v) is 10.7. The fourth-order valence-corrected chi connectivity index (χ4v) is 1.85. The van der Waals surface area contributed by atoms with E-state index in [0.717, 1.165) is 16.8 Å². The smallest absolute Gasteiger partial charge is 0.154 e. The molecule has 0 spiro atoms. The van der Waals surface area contributed by atoms with E-state index in [1.165, 1.54) is 12.7 Å². The van der Waals surface area contributed by atoms with Crippen molar-refractivity contribution in [2.75, 3.05) is 7.11 Å². The molecule has 0 N–H and O–H groups in total. The number of methoxy groups -OCH3 is 1. The summed E-state index contributed by atoms with van der Waals surface area (Å²) >= 11 is 0. The third kappa shape index (κ3) is 2.18. The van der Waals surface area contributed by atoms with Crippen molar-refractivity contribution >= 4 is 0 Å². The molecule has 90 valence electrons. The van der Waals surface area contributed by atoms with Gasteiger partial charge in [-0.1, -0.05) is 17.7 Å². The number of hydrogen-bond acceptors (Lipinski definition) is 3. The molecule has 0 fully saturated rings. The molecule has 3 heteroatoms. The summed E-state index contributed by atoms with van der Waals surface area (Å²) in [5.74, 6) is 0.506. The number of ether oxygens (including phenoxy) is 1. The monoisotopic (exact) mass is 238 g/mol. The molecule has 3 nitrogen and oxygen atoms in total. The molecule has 0 saturated carbocycles. The molecule has 18 heavy (non-hydrogen) atoms. The van der Waals surface area contributed by atoms with Gasteiger partial charge in [-0.15, -0.1) is 0 Å². The fourth-order valence-electron chi connectivity index (χ4n) is 1.85. The number of benzene rings is 1. The Kier molecular flexibility index (Phi) is 3.29. The molecular formula is C15H14N2O. The van der Waals surface area contributed by atoms with Crippen LogP contribution in [0, 0.1) is 25.2 Å². The number of hydrogen-bond donors (Lipinski definition) is 0. The largest absolute Gasteiger partial charge is 0.494 e. The highest BCUT2D eigenvalue weighted by Crippen LogP contribution is 2.26. The molecule has 0 atom stereocenters. The average Bonchev–Trinajstić information content (AvgIpc) is 2.40. The van der Waals surface area contributed by atoms with Gasteiger partial charge in [-0.2, -0.15) is 5.26 Å². The van der Waals surface area contributed by atoms with E-state index in [9.17, 15) is 0 Å². The lowest BCUT2D eigenvalue weighted by atomic mass is 10.0. The Labute approximate surface area is 107 Å². The van der Waals surface area contributed by atoms with Gasteiger partial charge in [-0.05, 0) is 31.5 Å². The minimum Gasteiger partial charge on any atom is -0.494 e. The fraction of sp³-hybridized carbons (Fsp3) is 0.200. The second-order valence-corrected chi connectivity index (χ2v) is 4.20. The van der Waals surface area contributed by atoms with Crippen molar-refractivity contribution in [1.29, 1.82) is 5.26 Å². The summed E-state index contributed by atoms with van der Waals surface area (Å²) in [5.41, 5.74) is 4.67. The Morgan fingerprint density at radius 1 is 1.22 bits per heavy atom. The molecule has 1 heterocycles. The Hall–Kier alpha value is -2.34. The summed E-state index contributed by atoms with van der Waals surface area (Å²) in [6, 6.07) is 10.1. The Morgan fingerprint density at radius 2 is 2.00 bits per heavy atom. The van der Waals surface area contributed by atoms with Gasteiger partial charge < -0.3 is 4.74 Å². The molecule has 1 aromatic carbocycles. The van der Waals surface area contributed by atoms with Crippen molar-refractivity contribution < 1.29 is 4.74 Å². The van der Waals surface area contributed by atoms with E-state index in [-0.39, 0.29) is 0 Å². The van der Waals surface area contributed by atoms with E-state index in [1.54, 1.807) is 12.3 Å². The van der Waals surface area contributed by atoms with Crippen molar-refractivity contribution in [3.63, 3.8) is 0 Å². The van der Waals surface area contributed by atoms with Gasteiger partial charge in [0, 0.05) is 5.56 Å². The summed E-state index contributed by atoms with van der Waals surface area (Å²) in [5, 5.41) is 9.09. The van der Waals surface area contributed by atoms with E-state index >= 15 is 0 Å². The molecule has 0 aliphatic rings. The summed E-state index contributed by atoms with van der Waals surface area (Å²) in [6.45, 7) is 4.07. The minimum absolute atomic E-state index is 0.503. The van der Waals surface area contributed by atoms with Crippen molar-refractivity contribution in [2.45, 2.75) is 13.8 Å². The molecule has 2 aromatic rings. The van der Waals surface area contributed by atoms with Gasteiger partial charge in [0.2, 0.25) is 0 Å². The number of nitrogens with zero attached hydrogens (tertiary/aromatic N) is 2. The highest BCUT2D eigenvalue weighted by atomic mass is 16.5. The SMILES string of the molecule is COc1cnc(-c2cc(C)ccc2C)cc1C#N. The lowest BCUT2D eigenvalue weighted by Gasteiger charge is -2.08. The molecule has 0 amide bonds. The van der Waals surface area contributed by atoms with Gasteiger partial charge in [0.25, 0.3) is 0 Å². The van der Waals surface area contributed by atoms with Crippen molar-refractivity contribution in [3.05, 3.63) is 47.2 Å². The first-order valence-electron chi connectivity index (χ1n) is 5.67. The maximum absolute atomic E-state index is 9.09. The number of aromatic nitrogens is 1. The second-order valence-electron chi connectivity index (χ2n) is 4.20. The van der Waals surface area contributed by atoms with Crippen molar-refractivity contribution in [2.24, 2.45) is 0 Å².